The topological polar surface area (TPSA) is 12.9 Å². The fourth-order valence-electron chi connectivity index (χ4n) is 1.79. The summed E-state index contributed by atoms with van der Waals surface area (Å²) in [5.41, 5.74) is 1.95. The Morgan fingerprint density at radius 1 is 1.31 bits per heavy atom. The number of pyridine rings is 1. The maximum Gasteiger partial charge on any atom is 0.168 e. The van der Waals surface area contributed by atoms with Gasteiger partial charge in [0.2, 0.25) is 0 Å². The highest BCUT2D eigenvalue weighted by Crippen LogP contribution is 2.32. The predicted octanol–water partition coefficient (Wildman–Crippen LogP) is 4.55. The number of fused-ring (bicyclic) bond motifs is 1. The number of hydrogen-bond donors (Lipinski definition) is 0. The quantitative estimate of drug-likeness (QED) is 0.731. The second-order valence-electron chi connectivity index (χ2n) is 3.60. The average molecular weight is 258 g/mol. The lowest BCUT2D eigenvalue weighted by Gasteiger charge is -2.10. The van der Waals surface area contributed by atoms with E-state index in [0.717, 1.165) is 17.7 Å². The zero-order valence-corrected chi connectivity index (χ0v) is 10.5. The van der Waals surface area contributed by atoms with Crippen molar-refractivity contribution >= 4 is 34.1 Å². The molecule has 0 bridgehead atoms. The van der Waals surface area contributed by atoms with Gasteiger partial charge in [0.15, 0.2) is 5.82 Å². The van der Waals surface area contributed by atoms with E-state index >= 15 is 0 Å². The highest BCUT2D eigenvalue weighted by Gasteiger charge is 2.14. The van der Waals surface area contributed by atoms with E-state index in [1.807, 2.05) is 13.8 Å². The molecule has 16 heavy (non-hydrogen) atoms. The van der Waals surface area contributed by atoms with Crippen molar-refractivity contribution in [3.05, 3.63) is 39.3 Å². The van der Waals surface area contributed by atoms with Crippen molar-refractivity contribution in [3.63, 3.8) is 0 Å². The molecule has 84 valence electrons. The van der Waals surface area contributed by atoms with E-state index < -0.39 is 5.82 Å². The summed E-state index contributed by atoms with van der Waals surface area (Å²) in [5, 5.41) is 1.26. The molecule has 0 radical (unpaired) electrons. The Balaban J connectivity index is 2.92. The van der Waals surface area contributed by atoms with Crippen LogP contribution in [-0.2, 0) is 6.42 Å². The van der Waals surface area contributed by atoms with Crippen molar-refractivity contribution in [2.24, 2.45) is 0 Å². The van der Waals surface area contributed by atoms with Crippen molar-refractivity contribution in [2.45, 2.75) is 20.3 Å². The SMILES string of the molecule is CCc1c(C)nc2c(F)c(Cl)ccc2c1Cl. The fraction of sp³-hybridized carbons (Fsp3) is 0.250. The smallest absolute Gasteiger partial charge is 0.168 e. The van der Waals surface area contributed by atoms with Crippen molar-refractivity contribution in [3.8, 4) is 0 Å². The standard InChI is InChI=1S/C12H10Cl2FN/c1-3-7-6(2)16-12-8(10(7)14)4-5-9(13)11(12)15/h4-5H,3H2,1-2H3. The first-order valence-electron chi connectivity index (χ1n) is 4.99. The van der Waals surface area contributed by atoms with E-state index in [9.17, 15) is 4.39 Å². The molecule has 2 aromatic rings. The van der Waals surface area contributed by atoms with Crippen LogP contribution in [0.3, 0.4) is 0 Å². The zero-order chi connectivity index (χ0) is 11.9. The predicted molar refractivity (Wildman–Crippen MR) is 65.8 cm³/mol. The monoisotopic (exact) mass is 257 g/mol. The molecule has 2 rings (SSSR count). The molecule has 1 nitrogen and oxygen atoms in total. The molecule has 0 saturated heterocycles. The van der Waals surface area contributed by atoms with Crippen molar-refractivity contribution in [1.82, 2.24) is 4.98 Å². The molecule has 0 unspecified atom stereocenters. The van der Waals surface area contributed by atoms with Gasteiger partial charge in [-0.2, -0.15) is 0 Å². The normalized spacial score (nSPS) is 11.1. The van der Waals surface area contributed by atoms with Gasteiger partial charge in [-0.15, -0.1) is 0 Å². The van der Waals surface area contributed by atoms with Gasteiger partial charge in [0, 0.05) is 11.1 Å². The van der Waals surface area contributed by atoms with Crippen LogP contribution in [0.1, 0.15) is 18.2 Å². The molecular weight excluding hydrogens is 248 g/mol. The van der Waals surface area contributed by atoms with Crippen LogP contribution >= 0.6 is 23.2 Å². The summed E-state index contributed by atoms with van der Waals surface area (Å²) in [5.74, 6) is -0.508. The van der Waals surface area contributed by atoms with Crippen molar-refractivity contribution in [2.75, 3.05) is 0 Å². The van der Waals surface area contributed by atoms with E-state index in [2.05, 4.69) is 4.98 Å². The maximum absolute atomic E-state index is 13.7. The van der Waals surface area contributed by atoms with Crippen LogP contribution in [0, 0.1) is 12.7 Å². The summed E-state index contributed by atoms with van der Waals surface area (Å²) < 4.78 is 13.7. The van der Waals surface area contributed by atoms with Crippen LogP contribution in [0.2, 0.25) is 10.0 Å². The van der Waals surface area contributed by atoms with Crippen molar-refractivity contribution in [1.29, 1.82) is 0 Å². The zero-order valence-electron chi connectivity index (χ0n) is 8.94. The van der Waals surface area contributed by atoms with Gasteiger partial charge in [-0.3, -0.25) is 0 Å². The molecule has 1 heterocycles. The summed E-state index contributed by atoms with van der Waals surface area (Å²) in [6.07, 6.45) is 0.776. The lowest BCUT2D eigenvalue weighted by molar-refractivity contribution is 0.637. The molecule has 0 saturated carbocycles. The first-order chi connectivity index (χ1) is 7.56. The molecule has 1 aromatic carbocycles. The van der Waals surface area contributed by atoms with Crippen LogP contribution in [-0.4, -0.2) is 4.98 Å². The number of halogens is 3. The van der Waals surface area contributed by atoms with Crippen LogP contribution < -0.4 is 0 Å². The van der Waals surface area contributed by atoms with E-state index in [1.165, 1.54) is 6.07 Å². The Hall–Kier alpha value is -0.860. The Morgan fingerprint density at radius 2 is 2.00 bits per heavy atom. The van der Waals surface area contributed by atoms with Gasteiger partial charge >= 0.3 is 0 Å². The average Bonchev–Trinajstić information content (AvgIpc) is 2.25. The van der Waals surface area contributed by atoms with Gasteiger partial charge in [-0.05, 0) is 31.0 Å². The molecule has 0 atom stereocenters. The fourth-order valence-corrected chi connectivity index (χ4v) is 2.37. The first kappa shape index (κ1) is 11.6. The number of hydrogen-bond acceptors (Lipinski definition) is 1. The number of rotatable bonds is 1. The summed E-state index contributed by atoms with van der Waals surface area (Å²) in [4.78, 5) is 4.22. The molecule has 4 heteroatoms. The molecule has 1 aromatic heterocycles. The molecule has 0 spiro atoms. The van der Waals surface area contributed by atoms with Gasteiger partial charge in [-0.1, -0.05) is 30.1 Å². The van der Waals surface area contributed by atoms with Crippen molar-refractivity contribution < 1.29 is 4.39 Å². The molecule has 0 amide bonds. The highest BCUT2D eigenvalue weighted by atomic mass is 35.5. The second kappa shape index (κ2) is 4.19. The van der Waals surface area contributed by atoms with E-state index in [4.69, 9.17) is 23.2 Å². The van der Waals surface area contributed by atoms with Crippen LogP contribution in [0.25, 0.3) is 10.9 Å². The van der Waals surface area contributed by atoms with E-state index in [1.54, 1.807) is 6.07 Å². The molecule has 0 aliphatic rings. The van der Waals surface area contributed by atoms with E-state index in [-0.39, 0.29) is 10.5 Å². The minimum absolute atomic E-state index is 0.0692. The minimum atomic E-state index is -0.508. The lowest BCUT2D eigenvalue weighted by atomic mass is 10.1. The Morgan fingerprint density at radius 3 is 2.62 bits per heavy atom. The third-order valence-electron chi connectivity index (χ3n) is 2.64. The second-order valence-corrected chi connectivity index (χ2v) is 4.39. The lowest BCUT2D eigenvalue weighted by Crippen LogP contribution is -1.96. The number of aromatic nitrogens is 1. The van der Waals surface area contributed by atoms with Crippen LogP contribution in [0.15, 0.2) is 12.1 Å². The molecule has 0 aliphatic heterocycles. The number of benzene rings is 1. The highest BCUT2D eigenvalue weighted by molar-refractivity contribution is 6.37. The molecule has 0 aliphatic carbocycles. The summed E-state index contributed by atoms with van der Waals surface area (Å²) >= 11 is 11.9. The first-order valence-corrected chi connectivity index (χ1v) is 5.74. The van der Waals surface area contributed by atoms with Gasteiger partial charge in [0.1, 0.15) is 5.52 Å². The Bertz CT molecular complexity index is 567. The van der Waals surface area contributed by atoms with Gasteiger partial charge in [0.05, 0.1) is 10.0 Å². The third kappa shape index (κ3) is 1.66. The third-order valence-corrected chi connectivity index (χ3v) is 3.36. The van der Waals surface area contributed by atoms with Gasteiger partial charge < -0.3 is 0 Å². The Labute approximate surface area is 103 Å². The maximum atomic E-state index is 13.7. The number of nitrogens with zero attached hydrogens (tertiary/aromatic N) is 1. The Kier molecular flexibility index (Phi) is 3.04. The van der Waals surface area contributed by atoms with E-state index in [0.29, 0.717) is 10.4 Å². The largest absolute Gasteiger partial charge is 0.250 e. The van der Waals surface area contributed by atoms with Crippen LogP contribution in [0.4, 0.5) is 4.39 Å². The summed E-state index contributed by atoms with van der Waals surface area (Å²) in [6, 6.07) is 3.20. The van der Waals surface area contributed by atoms with Crippen LogP contribution in [0.5, 0.6) is 0 Å². The molecular formula is C12H10Cl2FN. The van der Waals surface area contributed by atoms with Gasteiger partial charge in [-0.25, -0.2) is 9.37 Å². The summed E-state index contributed by atoms with van der Waals surface area (Å²) in [6.45, 7) is 3.82. The molecule has 0 N–H and O–H groups in total. The minimum Gasteiger partial charge on any atom is -0.250 e. The summed E-state index contributed by atoms with van der Waals surface area (Å²) in [7, 11) is 0. The number of aryl methyl sites for hydroxylation is 1. The van der Waals surface area contributed by atoms with Gasteiger partial charge in [0.25, 0.3) is 0 Å². The molecule has 0 fully saturated rings.